The van der Waals surface area contributed by atoms with E-state index >= 15 is 0 Å². The van der Waals surface area contributed by atoms with E-state index in [1.165, 1.54) is 0 Å². The molecule has 0 aliphatic heterocycles. The fraction of sp³-hybridized carbons (Fsp3) is 1.00. The first kappa shape index (κ1) is 15.4. The van der Waals surface area contributed by atoms with Gasteiger partial charge >= 0.3 is 0 Å². The van der Waals surface area contributed by atoms with E-state index in [4.69, 9.17) is 0 Å². The maximum Gasteiger partial charge on any atom is 0.151 e. The van der Waals surface area contributed by atoms with Gasteiger partial charge in [0.15, 0.2) is 9.84 Å². The molecule has 0 fully saturated rings. The topological polar surface area (TPSA) is 46.2 Å². The van der Waals surface area contributed by atoms with E-state index in [2.05, 4.69) is 28.2 Å². The van der Waals surface area contributed by atoms with Gasteiger partial charge in [0, 0.05) is 17.1 Å². The Balaban J connectivity index is 3.46. The molecule has 0 radical (unpaired) electrons. The Hall–Kier alpha value is 0.390. The fourth-order valence-electron chi connectivity index (χ4n) is 1.23. The van der Waals surface area contributed by atoms with Crippen molar-refractivity contribution >= 4 is 25.8 Å². The molecule has 1 unspecified atom stereocenters. The summed E-state index contributed by atoms with van der Waals surface area (Å²) < 4.78 is 22.7. The van der Waals surface area contributed by atoms with Crippen LogP contribution in [0, 0.1) is 0 Å². The van der Waals surface area contributed by atoms with E-state index in [0.29, 0.717) is 23.5 Å². The van der Waals surface area contributed by atoms with Crippen molar-refractivity contribution in [3.8, 4) is 0 Å². The lowest BCUT2D eigenvalue weighted by Crippen LogP contribution is -2.26. The molecular weight excluding hydrogens is 278 g/mol. The Bertz CT molecular complexity index is 242. The van der Waals surface area contributed by atoms with Gasteiger partial charge in [-0.1, -0.05) is 29.8 Å². The standard InChI is InChI=1S/C10H22BrNO2S/c1-3-8-15(13,14)9-7-12-6-5-10(11)4-2/h10,12H,3-9H2,1-2H3. The first-order chi connectivity index (χ1) is 7.02. The number of halogens is 1. The Kier molecular flexibility index (Phi) is 8.75. The van der Waals surface area contributed by atoms with E-state index in [1.54, 1.807) is 0 Å². The lowest BCUT2D eigenvalue weighted by atomic mass is 10.2. The third-order valence-electron chi connectivity index (χ3n) is 2.18. The zero-order valence-corrected chi connectivity index (χ0v) is 12.0. The summed E-state index contributed by atoms with van der Waals surface area (Å²) in [6, 6.07) is 0. The first-order valence-corrected chi connectivity index (χ1v) is 8.30. The van der Waals surface area contributed by atoms with E-state index in [-0.39, 0.29) is 5.75 Å². The highest BCUT2D eigenvalue weighted by Crippen LogP contribution is 2.07. The largest absolute Gasteiger partial charge is 0.316 e. The van der Waals surface area contributed by atoms with Gasteiger partial charge in [-0.15, -0.1) is 0 Å². The van der Waals surface area contributed by atoms with Crippen LogP contribution in [0.1, 0.15) is 33.1 Å². The van der Waals surface area contributed by atoms with Crippen LogP contribution >= 0.6 is 15.9 Å². The predicted octanol–water partition coefficient (Wildman–Crippen LogP) is 1.96. The molecule has 0 heterocycles. The number of hydrogen-bond donors (Lipinski definition) is 1. The van der Waals surface area contributed by atoms with Crippen LogP contribution in [-0.4, -0.2) is 37.8 Å². The van der Waals surface area contributed by atoms with Crippen molar-refractivity contribution in [1.82, 2.24) is 5.32 Å². The van der Waals surface area contributed by atoms with Gasteiger partial charge in [0.05, 0.1) is 5.75 Å². The van der Waals surface area contributed by atoms with Crippen LogP contribution in [0.3, 0.4) is 0 Å². The van der Waals surface area contributed by atoms with Gasteiger partial charge in [-0.05, 0) is 25.8 Å². The number of rotatable bonds is 9. The number of sulfone groups is 1. The summed E-state index contributed by atoms with van der Waals surface area (Å²) in [5.41, 5.74) is 0. The quantitative estimate of drug-likeness (QED) is 0.523. The zero-order chi connectivity index (χ0) is 11.7. The molecular formula is C10H22BrNO2S. The summed E-state index contributed by atoms with van der Waals surface area (Å²) in [7, 11) is -2.81. The Morgan fingerprint density at radius 2 is 1.87 bits per heavy atom. The van der Waals surface area contributed by atoms with Gasteiger partial charge in [-0.3, -0.25) is 0 Å². The molecule has 0 aromatic carbocycles. The van der Waals surface area contributed by atoms with Crippen LogP contribution in [0.5, 0.6) is 0 Å². The molecule has 0 aromatic rings. The number of alkyl halides is 1. The zero-order valence-electron chi connectivity index (χ0n) is 9.63. The summed E-state index contributed by atoms with van der Waals surface area (Å²) in [5, 5.41) is 3.16. The minimum atomic E-state index is -2.81. The summed E-state index contributed by atoms with van der Waals surface area (Å²) in [5.74, 6) is 0.574. The molecule has 1 atom stereocenters. The average molecular weight is 300 g/mol. The lowest BCUT2D eigenvalue weighted by molar-refractivity contribution is 0.586. The summed E-state index contributed by atoms with van der Waals surface area (Å²) >= 11 is 3.54. The molecule has 1 N–H and O–H groups in total. The maximum absolute atomic E-state index is 11.3. The van der Waals surface area contributed by atoms with E-state index in [0.717, 1.165) is 19.4 Å². The van der Waals surface area contributed by atoms with E-state index in [1.807, 2.05) is 6.92 Å². The summed E-state index contributed by atoms with van der Waals surface area (Å²) in [6.45, 7) is 5.48. The molecule has 0 saturated carbocycles. The monoisotopic (exact) mass is 299 g/mol. The molecule has 0 saturated heterocycles. The van der Waals surface area contributed by atoms with Crippen LogP contribution in [-0.2, 0) is 9.84 Å². The van der Waals surface area contributed by atoms with Crippen LogP contribution in [0.2, 0.25) is 0 Å². The molecule has 0 bridgehead atoms. The molecule has 0 aliphatic rings. The van der Waals surface area contributed by atoms with Crippen molar-refractivity contribution < 1.29 is 8.42 Å². The smallest absolute Gasteiger partial charge is 0.151 e. The van der Waals surface area contributed by atoms with Crippen molar-refractivity contribution in [2.75, 3.05) is 24.6 Å². The molecule has 3 nitrogen and oxygen atoms in total. The van der Waals surface area contributed by atoms with Crippen LogP contribution < -0.4 is 5.32 Å². The molecule has 15 heavy (non-hydrogen) atoms. The molecule has 0 aromatic heterocycles. The van der Waals surface area contributed by atoms with Crippen molar-refractivity contribution in [2.24, 2.45) is 0 Å². The van der Waals surface area contributed by atoms with Gasteiger partial charge in [0.2, 0.25) is 0 Å². The second kappa shape index (κ2) is 8.53. The third kappa shape index (κ3) is 9.33. The van der Waals surface area contributed by atoms with Gasteiger partial charge in [0.1, 0.15) is 0 Å². The van der Waals surface area contributed by atoms with Crippen molar-refractivity contribution in [1.29, 1.82) is 0 Å². The second-order valence-electron chi connectivity index (χ2n) is 3.70. The van der Waals surface area contributed by atoms with E-state index in [9.17, 15) is 8.42 Å². The van der Waals surface area contributed by atoms with Crippen LogP contribution in [0.4, 0.5) is 0 Å². The molecule has 0 amide bonds. The predicted molar refractivity (Wildman–Crippen MR) is 69.4 cm³/mol. The SMILES string of the molecule is CCCS(=O)(=O)CCNCCC(Br)CC. The van der Waals surface area contributed by atoms with Crippen LogP contribution in [0.15, 0.2) is 0 Å². The van der Waals surface area contributed by atoms with Gasteiger partial charge < -0.3 is 5.32 Å². The van der Waals surface area contributed by atoms with Gasteiger partial charge in [-0.2, -0.15) is 0 Å². The lowest BCUT2D eigenvalue weighted by Gasteiger charge is -2.08. The Morgan fingerprint density at radius 1 is 1.20 bits per heavy atom. The van der Waals surface area contributed by atoms with Crippen molar-refractivity contribution in [2.45, 2.75) is 37.9 Å². The molecule has 0 rings (SSSR count). The first-order valence-electron chi connectivity index (χ1n) is 5.57. The van der Waals surface area contributed by atoms with E-state index < -0.39 is 9.84 Å². The number of nitrogens with one attached hydrogen (secondary N) is 1. The van der Waals surface area contributed by atoms with Crippen LogP contribution in [0.25, 0.3) is 0 Å². The number of hydrogen-bond acceptors (Lipinski definition) is 3. The highest BCUT2D eigenvalue weighted by molar-refractivity contribution is 9.09. The third-order valence-corrected chi connectivity index (χ3v) is 5.14. The highest BCUT2D eigenvalue weighted by Gasteiger charge is 2.08. The fourth-order valence-corrected chi connectivity index (χ4v) is 2.74. The molecule has 92 valence electrons. The van der Waals surface area contributed by atoms with Gasteiger partial charge in [0.25, 0.3) is 0 Å². The Morgan fingerprint density at radius 3 is 2.40 bits per heavy atom. The molecule has 5 heteroatoms. The molecule has 0 spiro atoms. The highest BCUT2D eigenvalue weighted by atomic mass is 79.9. The normalized spacial score (nSPS) is 14.1. The van der Waals surface area contributed by atoms with Crippen molar-refractivity contribution in [3.63, 3.8) is 0 Å². The minimum absolute atomic E-state index is 0.264. The minimum Gasteiger partial charge on any atom is -0.316 e. The van der Waals surface area contributed by atoms with Gasteiger partial charge in [-0.25, -0.2) is 8.42 Å². The Labute approximate surface area is 102 Å². The maximum atomic E-state index is 11.3. The summed E-state index contributed by atoms with van der Waals surface area (Å²) in [4.78, 5) is 0.539. The van der Waals surface area contributed by atoms with Crippen molar-refractivity contribution in [3.05, 3.63) is 0 Å². The molecule has 0 aliphatic carbocycles. The average Bonchev–Trinajstić information content (AvgIpc) is 2.16. The second-order valence-corrected chi connectivity index (χ2v) is 7.29. The summed E-state index contributed by atoms with van der Waals surface area (Å²) in [6.07, 6.45) is 2.86.